The number of furan rings is 1. The molecule has 5 heterocycles. The molecule has 1 aliphatic heterocycles. The first-order chi connectivity index (χ1) is 18.8. The molecule has 5 aromatic rings. The molecule has 2 N–H and O–H groups in total. The molecule has 0 radical (unpaired) electrons. The number of hydrogen-bond donors (Lipinski definition) is 2. The maximum Gasteiger partial charge on any atom is 0.132 e. The van der Waals surface area contributed by atoms with Gasteiger partial charge in [0.25, 0.3) is 0 Å². The number of hydrogen-bond acceptors (Lipinski definition) is 5. The van der Waals surface area contributed by atoms with Crippen LogP contribution in [0.3, 0.4) is 0 Å². The topological polar surface area (TPSA) is 83.1 Å². The van der Waals surface area contributed by atoms with Crippen LogP contribution in [0, 0.1) is 5.41 Å². The molecule has 0 spiro atoms. The Morgan fingerprint density at radius 3 is 2.49 bits per heavy atom. The molecule has 1 fully saturated rings. The van der Waals surface area contributed by atoms with Crippen molar-refractivity contribution in [3.63, 3.8) is 0 Å². The summed E-state index contributed by atoms with van der Waals surface area (Å²) in [6, 6.07) is 18.4. The van der Waals surface area contributed by atoms with Crippen molar-refractivity contribution in [1.29, 1.82) is 0 Å². The summed E-state index contributed by atoms with van der Waals surface area (Å²) >= 11 is 0. The van der Waals surface area contributed by atoms with Crippen molar-refractivity contribution in [1.82, 2.24) is 24.6 Å². The van der Waals surface area contributed by atoms with Gasteiger partial charge in [-0.25, -0.2) is 0 Å². The number of aromatic amines is 1. The van der Waals surface area contributed by atoms with Crippen LogP contribution < -0.4 is 0 Å². The van der Waals surface area contributed by atoms with Gasteiger partial charge < -0.3 is 19.0 Å². The van der Waals surface area contributed by atoms with E-state index in [1.54, 1.807) is 18.7 Å². The first-order valence-corrected chi connectivity index (χ1v) is 13.5. The van der Waals surface area contributed by atoms with Crippen LogP contribution in [-0.4, -0.2) is 49.9 Å². The van der Waals surface area contributed by atoms with E-state index in [4.69, 9.17) is 4.42 Å². The third-order valence-corrected chi connectivity index (χ3v) is 8.16. The van der Waals surface area contributed by atoms with Gasteiger partial charge in [0.2, 0.25) is 0 Å². The fourth-order valence-electron chi connectivity index (χ4n) is 6.08. The zero-order chi connectivity index (χ0) is 27.2. The Balaban J connectivity index is 1.36. The van der Waals surface area contributed by atoms with Gasteiger partial charge in [-0.2, -0.15) is 5.10 Å². The Kier molecular flexibility index (Phi) is 6.28. The van der Waals surface area contributed by atoms with Crippen LogP contribution in [0.4, 0.5) is 0 Å². The van der Waals surface area contributed by atoms with E-state index >= 15 is 0 Å². The Morgan fingerprint density at radius 2 is 1.79 bits per heavy atom. The van der Waals surface area contributed by atoms with Gasteiger partial charge in [0, 0.05) is 60.0 Å². The second kappa shape index (κ2) is 9.67. The van der Waals surface area contributed by atoms with Gasteiger partial charge in [-0.1, -0.05) is 45.0 Å². The summed E-state index contributed by atoms with van der Waals surface area (Å²) in [6.45, 7) is 8.74. The Hall–Kier alpha value is -3.94. The lowest BCUT2D eigenvalue weighted by Gasteiger charge is -2.55. The molecular formula is C32H35N5O2. The zero-order valence-electron chi connectivity index (χ0n) is 22.9. The molecule has 6 rings (SSSR count). The SMILES string of the molecule is CC(C)c1ccc([C@](O)(c2cncc(-c3cc(-c4ccoc4Cn4cccc4)[nH]n3)c2)C2(C)CN(C)C2)cc1. The quantitative estimate of drug-likeness (QED) is 0.266. The van der Waals surface area contributed by atoms with Crippen LogP contribution >= 0.6 is 0 Å². The van der Waals surface area contributed by atoms with Gasteiger partial charge in [-0.05, 0) is 54.4 Å². The van der Waals surface area contributed by atoms with Crippen molar-refractivity contribution in [2.45, 2.75) is 38.8 Å². The highest BCUT2D eigenvalue weighted by molar-refractivity contribution is 5.69. The van der Waals surface area contributed by atoms with E-state index in [2.05, 4.69) is 76.7 Å². The first-order valence-electron chi connectivity index (χ1n) is 13.5. The number of benzene rings is 1. The molecule has 4 aromatic heterocycles. The average Bonchev–Trinajstić information content (AvgIpc) is 3.70. The highest BCUT2D eigenvalue weighted by Gasteiger charge is 2.55. The van der Waals surface area contributed by atoms with Gasteiger partial charge >= 0.3 is 0 Å². The third kappa shape index (κ3) is 4.41. The highest BCUT2D eigenvalue weighted by atomic mass is 16.3. The van der Waals surface area contributed by atoms with Crippen molar-refractivity contribution < 1.29 is 9.52 Å². The second-order valence-corrected chi connectivity index (χ2v) is 11.5. The van der Waals surface area contributed by atoms with E-state index in [9.17, 15) is 5.11 Å². The predicted molar refractivity (Wildman–Crippen MR) is 152 cm³/mol. The number of aromatic nitrogens is 4. The third-order valence-electron chi connectivity index (χ3n) is 8.16. The summed E-state index contributed by atoms with van der Waals surface area (Å²) in [5.74, 6) is 1.28. The largest absolute Gasteiger partial charge is 0.467 e. The molecule has 7 heteroatoms. The molecule has 0 saturated carbocycles. The van der Waals surface area contributed by atoms with E-state index in [0.717, 1.165) is 52.5 Å². The van der Waals surface area contributed by atoms with Crippen molar-refractivity contribution in [2.75, 3.05) is 20.1 Å². The molecule has 0 aliphatic carbocycles. The molecule has 1 atom stereocenters. The fraction of sp³-hybridized carbons (Fsp3) is 0.312. The molecule has 1 aromatic carbocycles. The predicted octanol–water partition coefficient (Wildman–Crippen LogP) is 5.89. The number of aliphatic hydroxyl groups is 1. The van der Waals surface area contributed by atoms with Crippen LogP contribution in [0.5, 0.6) is 0 Å². The van der Waals surface area contributed by atoms with E-state index < -0.39 is 5.60 Å². The van der Waals surface area contributed by atoms with E-state index in [1.165, 1.54) is 5.56 Å². The number of pyridine rings is 1. The van der Waals surface area contributed by atoms with Crippen molar-refractivity contribution in [3.05, 3.63) is 108 Å². The zero-order valence-corrected chi connectivity index (χ0v) is 22.9. The minimum absolute atomic E-state index is 0.359. The molecule has 1 aliphatic rings. The second-order valence-electron chi connectivity index (χ2n) is 11.5. The summed E-state index contributed by atoms with van der Waals surface area (Å²) in [4.78, 5) is 6.82. The van der Waals surface area contributed by atoms with Crippen LogP contribution in [-0.2, 0) is 12.1 Å². The number of nitrogens with one attached hydrogen (secondary N) is 1. The van der Waals surface area contributed by atoms with Gasteiger partial charge in [0.1, 0.15) is 11.4 Å². The molecule has 39 heavy (non-hydrogen) atoms. The minimum atomic E-state index is -1.20. The molecule has 0 bridgehead atoms. The smallest absolute Gasteiger partial charge is 0.132 e. The Morgan fingerprint density at radius 1 is 1.05 bits per heavy atom. The lowest BCUT2D eigenvalue weighted by atomic mass is 9.62. The monoisotopic (exact) mass is 521 g/mol. The summed E-state index contributed by atoms with van der Waals surface area (Å²) < 4.78 is 7.86. The highest BCUT2D eigenvalue weighted by Crippen LogP contribution is 2.50. The fourth-order valence-corrected chi connectivity index (χ4v) is 6.08. The molecule has 1 saturated heterocycles. The lowest BCUT2D eigenvalue weighted by Crippen LogP contribution is -2.63. The molecule has 7 nitrogen and oxygen atoms in total. The van der Waals surface area contributed by atoms with Gasteiger partial charge in [0.15, 0.2) is 0 Å². The first kappa shape index (κ1) is 25.3. The maximum absolute atomic E-state index is 12.6. The van der Waals surface area contributed by atoms with Crippen molar-refractivity contribution in [2.24, 2.45) is 5.41 Å². The van der Waals surface area contributed by atoms with E-state index in [0.29, 0.717) is 12.5 Å². The summed E-state index contributed by atoms with van der Waals surface area (Å²) in [7, 11) is 2.09. The lowest BCUT2D eigenvalue weighted by molar-refractivity contribution is -0.127. The summed E-state index contributed by atoms with van der Waals surface area (Å²) in [5.41, 5.74) is 4.81. The molecule has 0 unspecified atom stereocenters. The van der Waals surface area contributed by atoms with Gasteiger partial charge in [-0.3, -0.25) is 10.1 Å². The molecule has 200 valence electrons. The number of rotatable bonds is 8. The summed E-state index contributed by atoms with van der Waals surface area (Å²) in [6.07, 6.45) is 9.33. The standard InChI is InChI=1S/C32H35N5O2/c1-22(2)23-7-9-25(10-8-23)32(38,31(3)20-36(4)21-31)26-15-24(17-33-18-26)28-16-29(35-34-28)27-11-14-39-30(27)19-37-12-5-6-13-37/h5-18,22,38H,19-21H2,1-4H3,(H,34,35)/t32-/m0/s1. The van der Waals surface area contributed by atoms with Gasteiger partial charge in [-0.15, -0.1) is 0 Å². The molecule has 0 amide bonds. The van der Waals surface area contributed by atoms with Crippen molar-refractivity contribution in [3.8, 4) is 22.5 Å². The van der Waals surface area contributed by atoms with Crippen LogP contribution in [0.15, 0.2) is 90.1 Å². The van der Waals surface area contributed by atoms with Crippen LogP contribution in [0.1, 0.15) is 49.1 Å². The van der Waals surface area contributed by atoms with Crippen molar-refractivity contribution >= 4 is 0 Å². The average molecular weight is 522 g/mol. The number of likely N-dealkylation sites (tertiary alicyclic amines) is 1. The summed E-state index contributed by atoms with van der Waals surface area (Å²) in [5, 5.41) is 20.3. The minimum Gasteiger partial charge on any atom is -0.467 e. The normalized spacial score (nSPS) is 16.8. The van der Waals surface area contributed by atoms with Crippen LogP contribution in [0.2, 0.25) is 0 Å². The maximum atomic E-state index is 12.6. The number of H-pyrrole nitrogens is 1. The van der Waals surface area contributed by atoms with Gasteiger partial charge in [0.05, 0.1) is 24.2 Å². The Labute approximate surface area is 229 Å². The van der Waals surface area contributed by atoms with Crippen LogP contribution in [0.25, 0.3) is 22.5 Å². The Bertz CT molecular complexity index is 1560. The van der Waals surface area contributed by atoms with E-state index in [1.807, 2.05) is 42.7 Å². The van der Waals surface area contributed by atoms with E-state index in [-0.39, 0.29) is 5.41 Å². The molecular weight excluding hydrogens is 486 g/mol. The number of nitrogens with zero attached hydrogens (tertiary/aromatic N) is 4.